The molecule has 1 aromatic rings. The minimum Gasteiger partial charge on any atom is -0.343 e. The lowest BCUT2D eigenvalue weighted by Crippen LogP contribution is -2.32. The summed E-state index contributed by atoms with van der Waals surface area (Å²) in [5, 5.41) is 8.65. The molecule has 0 atom stereocenters. The molecule has 108 valence electrons. The lowest BCUT2D eigenvalue weighted by molar-refractivity contribution is 0.567. The lowest BCUT2D eigenvalue weighted by atomic mass is 10.1. The van der Waals surface area contributed by atoms with Gasteiger partial charge in [0.2, 0.25) is 17.8 Å². The number of piperidine rings is 1. The van der Waals surface area contributed by atoms with Crippen LogP contribution in [0, 0.1) is 11.3 Å². The second kappa shape index (κ2) is 6.86. The standard InChI is InChI=1S/C12H20N8/c1-19(7-5-6-13)11-15-10(18-14)16-12(17-11)20-8-3-2-4-9-20/h2-5,7-9,14H2,1H3,(H,15,16,17,18). The van der Waals surface area contributed by atoms with Crippen molar-refractivity contribution in [3.63, 3.8) is 0 Å². The predicted molar refractivity (Wildman–Crippen MR) is 77.2 cm³/mol. The molecule has 20 heavy (non-hydrogen) atoms. The van der Waals surface area contributed by atoms with Gasteiger partial charge in [0.15, 0.2) is 0 Å². The molecular weight excluding hydrogens is 256 g/mol. The molecule has 1 aliphatic heterocycles. The summed E-state index contributed by atoms with van der Waals surface area (Å²) in [7, 11) is 1.85. The number of hydrazine groups is 1. The Balaban J connectivity index is 2.21. The SMILES string of the molecule is CN(CCC#N)c1nc(NN)nc(N2CCCCC2)n1. The molecule has 3 N–H and O–H groups in total. The van der Waals surface area contributed by atoms with Crippen LogP contribution in [0.2, 0.25) is 0 Å². The average Bonchev–Trinajstić information content (AvgIpc) is 2.52. The van der Waals surface area contributed by atoms with E-state index in [2.05, 4.69) is 31.3 Å². The summed E-state index contributed by atoms with van der Waals surface area (Å²) in [6, 6.07) is 2.11. The second-order valence-corrected chi connectivity index (χ2v) is 4.78. The van der Waals surface area contributed by atoms with E-state index in [1.807, 2.05) is 11.9 Å². The molecule has 1 aliphatic rings. The van der Waals surface area contributed by atoms with Gasteiger partial charge in [0.1, 0.15) is 0 Å². The Bertz CT molecular complexity index is 477. The maximum Gasteiger partial charge on any atom is 0.243 e. The van der Waals surface area contributed by atoms with Crippen molar-refractivity contribution in [3.05, 3.63) is 0 Å². The van der Waals surface area contributed by atoms with Crippen LogP contribution in [0.15, 0.2) is 0 Å². The number of aromatic nitrogens is 3. The summed E-state index contributed by atoms with van der Waals surface area (Å²) >= 11 is 0. The molecule has 0 spiro atoms. The second-order valence-electron chi connectivity index (χ2n) is 4.78. The maximum atomic E-state index is 8.65. The third-order valence-electron chi connectivity index (χ3n) is 3.28. The van der Waals surface area contributed by atoms with E-state index in [4.69, 9.17) is 11.1 Å². The van der Waals surface area contributed by atoms with Crippen LogP contribution < -0.4 is 21.1 Å². The molecule has 0 radical (unpaired) electrons. The van der Waals surface area contributed by atoms with Gasteiger partial charge in [-0.25, -0.2) is 5.84 Å². The molecule has 0 aromatic carbocycles. The Kier molecular flexibility index (Phi) is 4.90. The first-order chi connectivity index (χ1) is 9.74. The van der Waals surface area contributed by atoms with Crippen molar-refractivity contribution in [3.8, 4) is 6.07 Å². The van der Waals surface area contributed by atoms with Crippen molar-refractivity contribution >= 4 is 17.8 Å². The van der Waals surface area contributed by atoms with E-state index < -0.39 is 0 Å². The number of rotatable bonds is 5. The van der Waals surface area contributed by atoms with Crippen LogP contribution in [0.5, 0.6) is 0 Å². The van der Waals surface area contributed by atoms with Crippen LogP contribution in [0.4, 0.5) is 17.8 Å². The highest BCUT2D eigenvalue weighted by atomic mass is 15.4. The van der Waals surface area contributed by atoms with Gasteiger partial charge < -0.3 is 9.80 Å². The first-order valence-electron chi connectivity index (χ1n) is 6.80. The number of nitrogens with zero attached hydrogens (tertiary/aromatic N) is 6. The van der Waals surface area contributed by atoms with Crippen molar-refractivity contribution < 1.29 is 0 Å². The van der Waals surface area contributed by atoms with E-state index in [1.165, 1.54) is 6.42 Å². The fourth-order valence-corrected chi connectivity index (χ4v) is 2.14. The number of nitriles is 1. The van der Waals surface area contributed by atoms with Crippen LogP contribution in [-0.4, -0.2) is 41.6 Å². The third-order valence-corrected chi connectivity index (χ3v) is 3.28. The Morgan fingerprint density at radius 1 is 1.30 bits per heavy atom. The van der Waals surface area contributed by atoms with Gasteiger partial charge in [-0.05, 0) is 19.3 Å². The molecule has 1 fully saturated rings. The number of hydrogen-bond acceptors (Lipinski definition) is 8. The molecule has 1 aromatic heterocycles. The molecule has 0 unspecified atom stereocenters. The van der Waals surface area contributed by atoms with Crippen molar-refractivity contribution in [1.82, 2.24) is 15.0 Å². The third kappa shape index (κ3) is 3.45. The van der Waals surface area contributed by atoms with Crippen molar-refractivity contribution in [1.29, 1.82) is 5.26 Å². The van der Waals surface area contributed by atoms with E-state index in [9.17, 15) is 0 Å². The van der Waals surface area contributed by atoms with Gasteiger partial charge in [-0.15, -0.1) is 0 Å². The molecule has 8 nitrogen and oxygen atoms in total. The zero-order valence-corrected chi connectivity index (χ0v) is 11.7. The highest BCUT2D eigenvalue weighted by Gasteiger charge is 2.17. The Morgan fingerprint density at radius 2 is 2.05 bits per heavy atom. The largest absolute Gasteiger partial charge is 0.343 e. The molecule has 0 aliphatic carbocycles. The molecule has 0 amide bonds. The van der Waals surface area contributed by atoms with Gasteiger partial charge in [-0.3, -0.25) is 5.43 Å². The van der Waals surface area contributed by atoms with E-state index in [-0.39, 0.29) is 0 Å². The zero-order chi connectivity index (χ0) is 14.4. The number of hydrogen-bond donors (Lipinski definition) is 2. The normalized spacial score (nSPS) is 14.8. The van der Waals surface area contributed by atoms with E-state index in [0.29, 0.717) is 30.8 Å². The minimum absolute atomic E-state index is 0.347. The summed E-state index contributed by atoms with van der Waals surface area (Å²) in [5.41, 5.74) is 2.48. The monoisotopic (exact) mass is 276 g/mol. The van der Waals surface area contributed by atoms with E-state index in [0.717, 1.165) is 25.9 Å². The van der Waals surface area contributed by atoms with Gasteiger partial charge in [-0.1, -0.05) is 0 Å². The van der Waals surface area contributed by atoms with Crippen LogP contribution in [0.3, 0.4) is 0 Å². The van der Waals surface area contributed by atoms with Gasteiger partial charge in [0.25, 0.3) is 0 Å². The Labute approximate surface area is 118 Å². The molecule has 2 rings (SSSR count). The van der Waals surface area contributed by atoms with Crippen molar-refractivity contribution in [2.75, 3.05) is 41.9 Å². The number of nitrogens with two attached hydrogens (primary N) is 1. The highest BCUT2D eigenvalue weighted by molar-refractivity contribution is 5.44. The van der Waals surface area contributed by atoms with Crippen LogP contribution in [0.1, 0.15) is 25.7 Å². The zero-order valence-electron chi connectivity index (χ0n) is 11.7. The van der Waals surface area contributed by atoms with Gasteiger partial charge in [0, 0.05) is 26.7 Å². The van der Waals surface area contributed by atoms with Crippen LogP contribution in [0.25, 0.3) is 0 Å². The fourth-order valence-electron chi connectivity index (χ4n) is 2.14. The molecule has 2 heterocycles. The van der Waals surface area contributed by atoms with Crippen LogP contribution in [-0.2, 0) is 0 Å². The maximum absolute atomic E-state index is 8.65. The lowest BCUT2D eigenvalue weighted by Gasteiger charge is -2.27. The average molecular weight is 276 g/mol. The summed E-state index contributed by atoms with van der Waals surface area (Å²) in [6.07, 6.45) is 3.97. The van der Waals surface area contributed by atoms with Crippen molar-refractivity contribution in [2.45, 2.75) is 25.7 Å². The predicted octanol–water partition coefficient (Wildman–Crippen LogP) is 0.497. The molecule has 0 bridgehead atoms. The smallest absolute Gasteiger partial charge is 0.243 e. The number of anilines is 3. The minimum atomic E-state index is 0.347. The Morgan fingerprint density at radius 3 is 2.70 bits per heavy atom. The molecule has 0 saturated carbocycles. The Hall–Kier alpha value is -2.14. The topological polar surface area (TPSA) is 107 Å². The summed E-state index contributed by atoms with van der Waals surface area (Å²) in [6.45, 7) is 2.48. The molecule has 8 heteroatoms. The quantitative estimate of drug-likeness (QED) is 0.591. The van der Waals surface area contributed by atoms with Gasteiger partial charge in [-0.2, -0.15) is 20.2 Å². The fraction of sp³-hybridized carbons (Fsp3) is 0.667. The van der Waals surface area contributed by atoms with E-state index in [1.54, 1.807) is 0 Å². The summed E-state index contributed by atoms with van der Waals surface area (Å²) < 4.78 is 0. The first-order valence-corrected chi connectivity index (χ1v) is 6.80. The first kappa shape index (κ1) is 14.3. The van der Waals surface area contributed by atoms with E-state index >= 15 is 0 Å². The van der Waals surface area contributed by atoms with Gasteiger partial charge >= 0.3 is 0 Å². The number of nitrogens with one attached hydrogen (secondary N) is 1. The van der Waals surface area contributed by atoms with Crippen LogP contribution >= 0.6 is 0 Å². The van der Waals surface area contributed by atoms with Gasteiger partial charge in [0.05, 0.1) is 12.5 Å². The summed E-state index contributed by atoms with van der Waals surface area (Å²) in [4.78, 5) is 17.0. The number of nitrogen functional groups attached to an aromatic ring is 1. The van der Waals surface area contributed by atoms with Crippen molar-refractivity contribution in [2.24, 2.45) is 5.84 Å². The molecule has 1 saturated heterocycles. The molecular formula is C12H20N8. The highest BCUT2D eigenvalue weighted by Crippen LogP contribution is 2.19. The summed E-state index contributed by atoms with van der Waals surface area (Å²) in [5.74, 6) is 6.95.